The van der Waals surface area contributed by atoms with E-state index in [-0.39, 0.29) is 17.5 Å². The van der Waals surface area contributed by atoms with E-state index in [1.807, 2.05) is 0 Å². The first kappa shape index (κ1) is 12.4. The number of amides is 1. The molecule has 0 bridgehead atoms. The third-order valence-electron chi connectivity index (χ3n) is 3.97. The van der Waals surface area contributed by atoms with Gasteiger partial charge in [0.1, 0.15) is 0 Å². The van der Waals surface area contributed by atoms with Gasteiger partial charge in [-0.05, 0) is 31.7 Å². The fourth-order valence-corrected chi connectivity index (χ4v) is 2.67. The summed E-state index contributed by atoms with van der Waals surface area (Å²) in [6.07, 6.45) is 6.19. The van der Waals surface area contributed by atoms with Crippen LogP contribution in [0.4, 0.5) is 0 Å². The fourth-order valence-electron chi connectivity index (χ4n) is 2.67. The average molecular weight is 261 g/mol. The SMILES string of the molecule is O=C(NC1CCN(C2CC2)CC1)c1ccc(=O)[nH]c1. The summed E-state index contributed by atoms with van der Waals surface area (Å²) in [7, 11) is 0. The van der Waals surface area contributed by atoms with Crippen molar-refractivity contribution in [2.45, 2.75) is 37.8 Å². The number of hydrogen-bond donors (Lipinski definition) is 2. The summed E-state index contributed by atoms with van der Waals surface area (Å²) < 4.78 is 0. The molecule has 5 heteroatoms. The number of aromatic amines is 1. The van der Waals surface area contributed by atoms with E-state index in [2.05, 4.69) is 15.2 Å². The number of hydrogen-bond acceptors (Lipinski definition) is 3. The lowest BCUT2D eigenvalue weighted by Gasteiger charge is -2.32. The molecule has 1 aliphatic carbocycles. The maximum Gasteiger partial charge on any atom is 0.252 e. The van der Waals surface area contributed by atoms with Gasteiger partial charge in [0, 0.05) is 37.4 Å². The van der Waals surface area contributed by atoms with Crippen molar-refractivity contribution >= 4 is 5.91 Å². The van der Waals surface area contributed by atoms with Crippen LogP contribution in [0.15, 0.2) is 23.1 Å². The molecule has 2 aliphatic rings. The standard InChI is InChI=1S/C14H19N3O2/c18-13-4-1-10(9-15-13)14(19)16-11-5-7-17(8-6-11)12-2-3-12/h1,4,9,11-12H,2-3,5-8H2,(H,15,18)(H,16,19). The third kappa shape index (κ3) is 3.04. The van der Waals surface area contributed by atoms with Gasteiger partial charge in [-0.3, -0.25) is 9.59 Å². The first-order valence-electron chi connectivity index (χ1n) is 6.96. The Morgan fingerprint density at radius 1 is 1.21 bits per heavy atom. The van der Waals surface area contributed by atoms with Crippen LogP contribution in [0.3, 0.4) is 0 Å². The van der Waals surface area contributed by atoms with E-state index in [1.165, 1.54) is 25.1 Å². The molecule has 1 aromatic heterocycles. The summed E-state index contributed by atoms with van der Waals surface area (Å²) in [4.78, 5) is 28.0. The minimum Gasteiger partial charge on any atom is -0.349 e. The van der Waals surface area contributed by atoms with Crippen molar-refractivity contribution in [1.82, 2.24) is 15.2 Å². The molecule has 1 saturated heterocycles. The molecule has 2 fully saturated rings. The molecule has 1 aliphatic heterocycles. The van der Waals surface area contributed by atoms with Gasteiger partial charge in [-0.15, -0.1) is 0 Å². The van der Waals surface area contributed by atoms with Crippen LogP contribution in [0, 0.1) is 0 Å². The molecule has 1 amide bonds. The number of rotatable bonds is 3. The second-order valence-electron chi connectivity index (χ2n) is 5.46. The van der Waals surface area contributed by atoms with Gasteiger partial charge >= 0.3 is 0 Å². The monoisotopic (exact) mass is 261 g/mol. The number of aromatic nitrogens is 1. The van der Waals surface area contributed by atoms with E-state index in [1.54, 1.807) is 6.07 Å². The highest BCUT2D eigenvalue weighted by Crippen LogP contribution is 2.29. The summed E-state index contributed by atoms with van der Waals surface area (Å²) in [6.45, 7) is 2.17. The quantitative estimate of drug-likeness (QED) is 0.843. The zero-order valence-electron chi connectivity index (χ0n) is 10.9. The average Bonchev–Trinajstić information content (AvgIpc) is 3.25. The smallest absolute Gasteiger partial charge is 0.252 e. The molecule has 2 N–H and O–H groups in total. The van der Waals surface area contributed by atoms with Crippen LogP contribution in [0.5, 0.6) is 0 Å². The first-order valence-corrected chi connectivity index (χ1v) is 6.96. The van der Waals surface area contributed by atoms with Crippen LogP contribution in [0.25, 0.3) is 0 Å². The Morgan fingerprint density at radius 2 is 1.95 bits per heavy atom. The van der Waals surface area contributed by atoms with Gasteiger partial charge in [-0.2, -0.15) is 0 Å². The number of carbonyl (C=O) groups excluding carboxylic acids is 1. The Morgan fingerprint density at radius 3 is 2.53 bits per heavy atom. The highest BCUT2D eigenvalue weighted by Gasteiger charge is 2.32. The van der Waals surface area contributed by atoms with Gasteiger partial charge in [0.25, 0.3) is 5.91 Å². The molecule has 0 radical (unpaired) electrons. The molecular formula is C14H19N3O2. The normalized spacial score (nSPS) is 21.3. The Hall–Kier alpha value is -1.62. The number of H-pyrrole nitrogens is 1. The number of likely N-dealkylation sites (tertiary alicyclic amines) is 1. The summed E-state index contributed by atoms with van der Waals surface area (Å²) in [6, 6.07) is 4.02. The topological polar surface area (TPSA) is 65.2 Å². The van der Waals surface area contributed by atoms with E-state index >= 15 is 0 Å². The lowest BCUT2D eigenvalue weighted by atomic mass is 10.0. The molecule has 5 nitrogen and oxygen atoms in total. The first-order chi connectivity index (χ1) is 9.22. The Kier molecular flexibility index (Phi) is 3.38. The Balaban J connectivity index is 1.52. The Labute approximate surface area is 112 Å². The predicted molar refractivity (Wildman–Crippen MR) is 72.1 cm³/mol. The van der Waals surface area contributed by atoms with Crippen molar-refractivity contribution in [3.63, 3.8) is 0 Å². The third-order valence-corrected chi connectivity index (χ3v) is 3.97. The number of piperidine rings is 1. The zero-order chi connectivity index (χ0) is 13.2. The summed E-state index contributed by atoms with van der Waals surface area (Å²) in [5.41, 5.74) is 0.332. The summed E-state index contributed by atoms with van der Waals surface area (Å²) in [5.74, 6) is -0.0962. The molecule has 1 aromatic rings. The number of nitrogens with one attached hydrogen (secondary N) is 2. The van der Waals surface area contributed by atoms with Crippen molar-refractivity contribution in [3.8, 4) is 0 Å². The van der Waals surface area contributed by atoms with E-state index in [0.29, 0.717) is 5.56 Å². The number of carbonyl (C=O) groups is 1. The summed E-state index contributed by atoms with van der Waals surface area (Å²) in [5, 5.41) is 3.05. The van der Waals surface area contributed by atoms with Crippen LogP contribution in [-0.2, 0) is 0 Å². The van der Waals surface area contributed by atoms with Gasteiger partial charge in [0.05, 0.1) is 5.56 Å². The van der Waals surface area contributed by atoms with E-state index in [0.717, 1.165) is 32.0 Å². The van der Waals surface area contributed by atoms with Crippen LogP contribution in [0.2, 0.25) is 0 Å². The summed E-state index contributed by atoms with van der Waals surface area (Å²) >= 11 is 0. The van der Waals surface area contributed by atoms with Crippen molar-refractivity contribution in [2.24, 2.45) is 0 Å². The van der Waals surface area contributed by atoms with Gasteiger partial charge in [-0.1, -0.05) is 0 Å². The van der Waals surface area contributed by atoms with Crippen molar-refractivity contribution in [1.29, 1.82) is 0 Å². The lowest BCUT2D eigenvalue weighted by molar-refractivity contribution is 0.0908. The van der Waals surface area contributed by atoms with Crippen molar-refractivity contribution in [2.75, 3.05) is 13.1 Å². The van der Waals surface area contributed by atoms with Crippen LogP contribution < -0.4 is 10.9 Å². The van der Waals surface area contributed by atoms with Gasteiger partial charge in [-0.25, -0.2) is 0 Å². The van der Waals surface area contributed by atoms with E-state index < -0.39 is 0 Å². The predicted octanol–water partition coefficient (Wildman–Crippen LogP) is 0.731. The van der Waals surface area contributed by atoms with Gasteiger partial charge in [0.15, 0.2) is 0 Å². The lowest BCUT2D eigenvalue weighted by Crippen LogP contribution is -2.45. The maximum absolute atomic E-state index is 12.0. The number of pyridine rings is 1. The zero-order valence-corrected chi connectivity index (χ0v) is 10.9. The largest absolute Gasteiger partial charge is 0.349 e. The minimum atomic E-state index is -0.186. The van der Waals surface area contributed by atoms with Crippen LogP contribution >= 0.6 is 0 Å². The molecule has 19 heavy (non-hydrogen) atoms. The van der Waals surface area contributed by atoms with Crippen molar-refractivity contribution < 1.29 is 4.79 Å². The van der Waals surface area contributed by atoms with E-state index in [9.17, 15) is 9.59 Å². The highest BCUT2D eigenvalue weighted by atomic mass is 16.2. The molecule has 3 rings (SSSR count). The molecule has 0 spiro atoms. The molecular weight excluding hydrogens is 242 g/mol. The highest BCUT2D eigenvalue weighted by molar-refractivity contribution is 5.93. The van der Waals surface area contributed by atoms with Gasteiger partial charge < -0.3 is 15.2 Å². The number of nitrogens with zero attached hydrogens (tertiary/aromatic N) is 1. The van der Waals surface area contributed by atoms with E-state index in [4.69, 9.17) is 0 Å². The van der Waals surface area contributed by atoms with Crippen LogP contribution in [-0.4, -0.2) is 41.0 Å². The molecule has 1 saturated carbocycles. The van der Waals surface area contributed by atoms with Crippen LogP contribution in [0.1, 0.15) is 36.0 Å². The maximum atomic E-state index is 12.0. The molecule has 0 aromatic carbocycles. The minimum absolute atomic E-state index is 0.0962. The molecule has 0 unspecified atom stereocenters. The molecule has 102 valence electrons. The van der Waals surface area contributed by atoms with Crippen molar-refractivity contribution in [3.05, 3.63) is 34.2 Å². The molecule has 0 atom stereocenters. The Bertz CT molecular complexity index is 493. The second-order valence-corrected chi connectivity index (χ2v) is 5.46. The second kappa shape index (κ2) is 5.17. The fraction of sp³-hybridized carbons (Fsp3) is 0.571. The van der Waals surface area contributed by atoms with Gasteiger partial charge in [0.2, 0.25) is 5.56 Å². The molecule has 2 heterocycles.